The first kappa shape index (κ1) is 18.2. The molecule has 0 amide bonds. The first-order valence-electron chi connectivity index (χ1n) is 8.71. The van der Waals surface area contributed by atoms with Crippen molar-refractivity contribution in [1.82, 2.24) is 0 Å². The monoisotopic (exact) mass is 354 g/mol. The normalized spacial score (nSPS) is 12.8. The van der Waals surface area contributed by atoms with Crippen LogP contribution in [0.2, 0.25) is 0 Å². The van der Waals surface area contributed by atoms with Crippen molar-refractivity contribution in [2.45, 2.75) is 31.9 Å². The fourth-order valence-corrected chi connectivity index (χ4v) is 3.12. The van der Waals surface area contributed by atoms with Crippen LogP contribution in [0.5, 0.6) is 0 Å². The Balaban J connectivity index is 1.67. The van der Waals surface area contributed by atoms with Crippen molar-refractivity contribution in [2.75, 3.05) is 0 Å². The Hall–Kier alpha value is -2.55. The lowest BCUT2D eigenvalue weighted by atomic mass is 9.92. The molecule has 0 saturated heterocycles. The van der Waals surface area contributed by atoms with Crippen molar-refractivity contribution in [1.29, 1.82) is 0 Å². The van der Waals surface area contributed by atoms with Gasteiger partial charge in [-0.1, -0.05) is 79.7 Å². The lowest BCUT2D eigenvalue weighted by molar-refractivity contribution is -0.137. The summed E-state index contributed by atoms with van der Waals surface area (Å²) in [6.45, 7) is 1.97. The minimum absolute atomic E-state index is 0.0253. The average Bonchev–Trinajstić information content (AvgIpc) is 2.63. The Morgan fingerprint density at radius 3 is 2.00 bits per heavy atom. The topological polar surface area (TPSA) is 0 Å². The zero-order valence-electron chi connectivity index (χ0n) is 14.6. The van der Waals surface area contributed by atoms with E-state index in [2.05, 4.69) is 36.4 Å². The molecule has 3 rings (SSSR count). The van der Waals surface area contributed by atoms with Gasteiger partial charge in [-0.15, -0.1) is 0 Å². The summed E-state index contributed by atoms with van der Waals surface area (Å²) in [5.74, 6) is 0.0253. The average molecular weight is 354 g/mol. The highest BCUT2D eigenvalue weighted by Gasteiger charge is 2.30. The first-order chi connectivity index (χ1) is 12.4. The Bertz CT molecular complexity index is 833. The fourth-order valence-electron chi connectivity index (χ4n) is 3.12. The van der Waals surface area contributed by atoms with Crippen molar-refractivity contribution in [3.63, 3.8) is 0 Å². The third-order valence-corrected chi connectivity index (χ3v) is 4.60. The summed E-state index contributed by atoms with van der Waals surface area (Å²) in [4.78, 5) is 0. The molecule has 0 aliphatic carbocycles. The summed E-state index contributed by atoms with van der Waals surface area (Å²) in [5.41, 5.74) is 3.75. The van der Waals surface area contributed by atoms with Gasteiger partial charge in [-0.2, -0.15) is 13.2 Å². The Kier molecular flexibility index (Phi) is 5.46. The maximum Gasteiger partial charge on any atom is 0.416 e. The molecule has 26 heavy (non-hydrogen) atoms. The van der Waals surface area contributed by atoms with Gasteiger partial charge in [0.1, 0.15) is 0 Å². The van der Waals surface area contributed by atoms with Crippen molar-refractivity contribution in [2.24, 2.45) is 0 Å². The molecule has 0 nitrogen and oxygen atoms in total. The van der Waals surface area contributed by atoms with E-state index in [4.69, 9.17) is 0 Å². The maximum absolute atomic E-state index is 12.9. The van der Waals surface area contributed by atoms with Gasteiger partial charge < -0.3 is 0 Å². The molecule has 1 atom stereocenters. The van der Waals surface area contributed by atoms with E-state index >= 15 is 0 Å². The van der Waals surface area contributed by atoms with Gasteiger partial charge in [0.05, 0.1) is 5.56 Å². The zero-order valence-corrected chi connectivity index (χ0v) is 14.6. The molecule has 134 valence electrons. The van der Waals surface area contributed by atoms with Crippen molar-refractivity contribution in [3.05, 3.63) is 107 Å². The van der Waals surface area contributed by atoms with Crippen LogP contribution >= 0.6 is 0 Å². The molecule has 3 aromatic carbocycles. The van der Waals surface area contributed by atoms with E-state index < -0.39 is 11.7 Å². The van der Waals surface area contributed by atoms with Crippen LogP contribution in [0.1, 0.15) is 40.7 Å². The zero-order chi connectivity index (χ0) is 18.6. The highest BCUT2D eigenvalue weighted by atomic mass is 19.4. The molecule has 0 bridgehead atoms. The summed E-state index contributed by atoms with van der Waals surface area (Å²) in [5, 5.41) is 0. The molecule has 0 spiro atoms. The lowest BCUT2D eigenvalue weighted by Crippen LogP contribution is -2.07. The Morgan fingerprint density at radius 2 is 1.35 bits per heavy atom. The SMILES string of the molecule is CC(Cc1ccc(Cc2ccccc2)cc1)c1cccc(C(F)(F)F)c1. The van der Waals surface area contributed by atoms with Crippen LogP contribution in [0.3, 0.4) is 0 Å². The molecule has 0 aliphatic rings. The van der Waals surface area contributed by atoms with Gasteiger partial charge in [-0.3, -0.25) is 0 Å². The molecule has 0 fully saturated rings. The van der Waals surface area contributed by atoms with Crippen molar-refractivity contribution in [3.8, 4) is 0 Å². The van der Waals surface area contributed by atoms with Gasteiger partial charge >= 0.3 is 6.18 Å². The van der Waals surface area contributed by atoms with Crippen LogP contribution in [-0.4, -0.2) is 0 Å². The molecule has 1 unspecified atom stereocenters. The van der Waals surface area contributed by atoms with Gasteiger partial charge in [0.15, 0.2) is 0 Å². The van der Waals surface area contributed by atoms with E-state index in [1.807, 2.05) is 25.1 Å². The molecular formula is C23H21F3. The summed E-state index contributed by atoms with van der Waals surface area (Å²) < 4.78 is 38.6. The summed E-state index contributed by atoms with van der Waals surface area (Å²) >= 11 is 0. The number of benzene rings is 3. The van der Waals surface area contributed by atoms with E-state index in [0.29, 0.717) is 12.0 Å². The van der Waals surface area contributed by atoms with E-state index in [-0.39, 0.29) is 5.92 Å². The summed E-state index contributed by atoms with van der Waals surface area (Å²) in [6, 6.07) is 24.2. The van der Waals surface area contributed by atoms with Crippen molar-refractivity contribution >= 4 is 0 Å². The molecule has 0 N–H and O–H groups in total. The van der Waals surface area contributed by atoms with Crippen LogP contribution < -0.4 is 0 Å². The lowest BCUT2D eigenvalue weighted by Gasteiger charge is -2.15. The fraction of sp³-hybridized carbons (Fsp3) is 0.217. The molecule has 3 aromatic rings. The number of hydrogen-bond donors (Lipinski definition) is 0. The predicted molar refractivity (Wildman–Crippen MR) is 99.3 cm³/mol. The number of alkyl halides is 3. The highest BCUT2D eigenvalue weighted by Crippen LogP contribution is 2.31. The molecule has 0 aromatic heterocycles. The molecule has 3 heteroatoms. The Morgan fingerprint density at radius 1 is 0.731 bits per heavy atom. The third-order valence-electron chi connectivity index (χ3n) is 4.60. The van der Waals surface area contributed by atoms with Gasteiger partial charge in [-0.25, -0.2) is 0 Å². The van der Waals surface area contributed by atoms with Gasteiger partial charge in [-0.05, 0) is 47.1 Å². The molecule has 0 heterocycles. The Labute approximate surface area is 152 Å². The molecule has 0 aliphatic heterocycles. The quantitative estimate of drug-likeness (QED) is 0.482. The maximum atomic E-state index is 12.9. The largest absolute Gasteiger partial charge is 0.416 e. The second kappa shape index (κ2) is 7.77. The molecule has 0 radical (unpaired) electrons. The van der Waals surface area contributed by atoms with Crippen molar-refractivity contribution < 1.29 is 13.2 Å². The number of halogens is 3. The number of rotatable bonds is 5. The van der Waals surface area contributed by atoms with Gasteiger partial charge in [0.2, 0.25) is 0 Å². The number of hydrogen-bond acceptors (Lipinski definition) is 0. The minimum Gasteiger partial charge on any atom is -0.166 e. The second-order valence-corrected chi connectivity index (χ2v) is 6.71. The minimum atomic E-state index is -4.30. The first-order valence-corrected chi connectivity index (χ1v) is 8.71. The van der Waals surface area contributed by atoms with E-state index in [1.165, 1.54) is 23.3 Å². The van der Waals surface area contributed by atoms with Crippen LogP contribution in [0, 0.1) is 0 Å². The van der Waals surface area contributed by atoms with E-state index in [0.717, 1.165) is 18.1 Å². The standard InChI is InChI=1S/C23H21F3/c1-17(21-8-5-9-22(16-21)23(24,25)26)14-19-10-12-20(13-11-19)15-18-6-3-2-4-7-18/h2-13,16-17H,14-15H2,1H3. The smallest absolute Gasteiger partial charge is 0.166 e. The van der Waals surface area contributed by atoms with E-state index in [9.17, 15) is 13.2 Å². The summed E-state index contributed by atoms with van der Waals surface area (Å²) in [6.07, 6.45) is -2.70. The summed E-state index contributed by atoms with van der Waals surface area (Å²) in [7, 11) is 0. The van der Waals surface area contributed by atoms with Crippen LogP contribution in [0.25, 0.3) is 0 Å². The van der Waals surface area contributed by atoms with Gasteiger partial charge in [0, 0.05) is 0 Å². The van der Waals surface area contributed by atoms with Crippen LogP contribution in [0.4, 0.5) is 13.2 Å². The van der Waals surface area contributed by atoms with Gasteiger partial charge in [0.25, 0.3) is 0 Å². The van der Waals surface area contributed by atoms with Crippen LogP contribution in [-0.2, 0) is 19.0 Å². The predicted octanol–water partition coefficient (Wildman–Crippen LogP) is 6.64. The van der Waals surface area contributed by atoms with E-state index in [1.54, 1.807) is 6.07 Å². The third kappa shape index (κ3) is 4.75. The highest BCUT2D eigenvalue weighted by molar-refractivity contribution is 5.32. The molecule has 0 saturated carbocycles. The van der Waals surface area contributed by atoms with Crippen LogP contribution in [0.15, 0.2) is 78.9 Å². The second-order valence-electron chi connectivity index (χ2n) is 6.71. The molecular weight excluding hydrogens is 333 g/mol.